The normalized spacial score (nSPS) is 16.7. The SMILES string of the molecule is Cc1ccc(C2=C(c3ccc(C)cc3)[B-](c3ccc(C)cc3)(c3ccc(C)cc3)[N+](C)(C)CC2)cc1. The summed E-state index contributed by atoms with van der Waals surface area (Å²) in [5.41, 5.74) is 13.7. The van der Waals surface area contributed by atoms with E-state index in [1.54, 1.807) is 0 Å². The van der Waals surface area contributed by atoms with E-state index >= 15 is 0 Å². The topological polar surface area (TPSA) is 0 Å². The van der Waals surface area contributed by atoms with E-state index in [9.17, 15) is 0 Å². The third kappa shape index (κ3) is 4.04. The Bertz CT molecular complexity index is 1350. The van der Waals surface area contributed by atoms with Crippen LogP contribution >= 0.6 is 0 Å². The third-order valence-corrected chi connectivity index (χ3v) is 8.61. The molecule has 4 aromatic rings. The van der Waals surface area contributed by atoms with Crippen LogP contribution in [0.5, 0.6) is 0 Å². The molecular weight excluding hydrogens is 433 g/mol. The molecule has 0 atom stereocenters. The maximum atomic E-state index is 2.44. The molecule has 0 unspecified atom stereocenters. The molecule has 1 nitrogen and oxygen atoms in total. The molecule has 182 valence electrons. The summed E-state index contributed by atoms with van der Waals surface area (Å²) < 4.78 is 0.921. The summed E-state index contributed by atoms with van der Waals surface area (Å²) in [7, 11) is 4.89. The van der Waals surface area contributed by atoms with Gasteiger partial charge in [0, 0.05) is 27.1 Å². The zero-order valence-electron chi connectivity index (χ0n) is 22.7. The lowest BCUT2D eigenvalue weighted by Crippen LogP contribution is -2.79. The molecule has 0 saturated carbocycles. The van der Waals surface area contributed by atoms with Gasteiger partial charge in [-0.1, -0.05) is 130 Å². The molecule has 0 aromatic heterocycles. The van der Waals surface area contributed by atoms with Crippen LogP contribution in [0.25, 0.3) is 11.0 Å². The van der Waals surface area contributed by atoms with Crippen molar-refractivity contribution in [1.29, 1.82) is 0 Å². The van der Waals surface area contributed by atoms with Crippen LogP contribution in [0.3, 0.4) is 0 Å². The van der Waals surface area contributed by atoms with Gasteiger partial charge in [0.05, 0.1) is 0 Å². The average Bonchev–Trinajstić information content (AvgIpc) is 2.86. The van der Waals surface area contributed by atoms with Crippen molar-refractivity contribution < 1.29 is 4.39 Å². The highest BCUT2D eigenvalue weighted by Crippen LogP contribution is 2.43. The largest absolute Gasteiger partial charge is 0.508 e. The molecule has 5 rings (SSSR count). The van der Waals surface area contributed by atoms with Gasteiger partial charge in [0.2, 0.25) is 0 Å². The van der Waals surface area contributed by atoms with Crippen molar-refractivity contribution in [3.05, 3.63) is 130 Å². The average molecular weight is 471 g/mol. The standard InChI is InChI=1S/C34H38BN/c1-25-7-15-29(16-8-25)33-23-24-36(5,6)35(31-19-11-27(3)12-20-31,32-21-13-28(4)14-22-32)34(33)30-17-9-26(2)10-18-30/h7-22H,23-24H2,1-6H3. The first kappa shape index (κ1) is 24.3. The van der Waals surface area contributed by atoms with Crippen LogP contribution in [0.4, 0.5) is 0 Å². The summed E-state index contributed by atoms with van der Waals surface area (Å²) >= 11 is 0. The molecule has 0 saturated heterocycles. The van der Waals surface area contributed by atoms with Gasteiger partial charge in [0.15, 0.2) is 0 Å². The first-order valence-corrected chi connectivity index (χ1v) is 13.2. The van der Waals surface area contributed by atoms with Crippen molar-refractivity contribution in [3.8, 4) is 0 Å². The highest BCUT2D eigenvalue weighted by molar-refractivity contribution is 7.11. The van der Waals surface area contributed by atoms with Gasteiger partial charge in [0.25, 0.3) is 6.28 Å². The lowest BCUT2D eigenvalue weighted by Gasteiger charge is -2.61. The highest BCUT2D eigenvalue weighted by Gasteiger charge is 2.51. The fraction of sp³-hybridized carbons (Fsp3) is 0.235. The summed E-state index contributed by atoms with van der Waals surface area (Å²) in [6.07, 6.45) is -0.280. The van der Waals surface area contributed by atoms with Crippen molar-refractivity contribution in [2.45, 2.75) is 34.1 Å². The lowest BCUT2D eigenvalue weighted by atomic mass is 9.19. The second kappa shape index (κ2) is 9.26. The number of aryl methyl sites for hydroxylation is 4. The van der Waals surface area contributed by atoms with Gasteiger partial charge in [-0.2, -0.15) is 0 Å². The zero-order valence-corrected chi connectivity index (χ0v) is 22.7. The predicted molar refractivity (Wildman–Crippen MR) is 158 cm³/mol. The Labute approximate surface area is 217 Å². The lowest BCUT2D eigenvalue weighted by molar-refractivity contribution is -0.786. The summed E-state index contributed by atoms with van der Waals surface area (Å²) in [6, 6.07) is 37.2. The molecular formula is C34H38BN. The number of benzene rings is 4. The Morgan fingerprint density at radius 2 is 0.861 bits per heavy atom. The first-order chi connectivity index (χ1) is 17.2. The Balaban J connectivity index is 1.96. The molecule has 1 aliphatic rings. The number of nitrogens with zero attached hydrogens (tertiary/aromatic N) is 1. The van der Waals surface area contributed by atoms with Crippen LogP contribution in [0.1, 0.15) is 39.8 Å². The van der Waals surface area contributed by atoms with Gasteiger partial charge in [0.1, 0.15) is 0 Å². The van der Waals surface area contributed by atoms with E-state index in [2.05, 4.69) is 139 Å². The molecule has 0 aliphatic carbocycles. The van der Waals surface area contributed by atoms with E-state index in [0.29, 0.717) is 0 Å². The van der Waals surface area contributed by atoms with Gasteiger partial charge in [-0.3, -0.25) is 0 Å². The number of rotatable bonds is 4. The highest BCUT2D eigenvalue weighted by atomic mass is 15.3. The fourth-order valence-corrected chi connectivity index (χ4v) is 6.56. The zero-order chi connectivity index (χ0) is 25.5. The van der Waals surface area contributed by atoms with Gasteiger partial charge in [-0.25, -0.2) is 0 Å². The van der Waals surface area contributed by atoms with Crippen LogP contribution in [0, 0.1) is 27.7 Å². The summed E-state index contributed by atoms with van der Waals surface area (Å²) in [6.45, 7) is 9.81. The Kier molecular flexibility index (Phi) is 6.26. The van der Waals surface area contributed by atoms with Gasteiger partial charge >= 0.3 is 0 Å². The van der Waals surface area contributed by atoms with E-state index in [1.165, 1.54) is 55.4 Å². The summed E-state index contributed by atoms with van der Waals surface area (Å²) in [5, 5.41) is 0. The van der Waals surface area contributed by atoms with E-state index in [0.717, 1.165) is 17.4 Å². The van der Waals surface area contributed by atoms with E-state index < -0.39 is 6.28 Å². The van der Waals surface area contributed by atoms with Crippen molar-refractivity contribution >= 4 is 28.3 Å². The molecule has 0 amide bonds. The molecule has 1 aliphatic heterocycles. The maximum absolute atomic E-state index is 2.44. The number of hydrogen-bond acceptors (Lipinski definition) is 0. The smallest absolute Gasteiger partial charge is 0.291 e. The molecule has 1 heterocycles. The minimum absolute atomic E-state index is 0.921. The molecule has 36 heavy (non-hydrogen) atoms. The minimum atomic E-state index is -1.34. The fourth-order valence-electron chi connectivity index (χ4n) is 6.56. The van der Waals surface area contributed by atoms with Gasteiger partial charge in [-0.05, 0) is 33.3 Å². The minimum Gasteiger partial charge on any atom is -0.508 e. The Morgan fingerprint density at radius 3 is 1.28 bits per heavy atom. The van der Waals surface area contributed by atoms with Crippen molar-refractivity contribution in [3.63, 3.8) is 0 Å². The maximum Gasteiger partial charge on any atom is 0.291 e. The summed E-state index contributed by atoms with van der Waals surface area (Å²) in [5.74, 6) is 0. The molecule has 4 aromatic carbocycles. The van der Waals surface area contributed by atoms with Crippen LogP contribution in [0.2, 0.25) is 0 Å². The molecule has 0 radical (unpaired) electrons. The second-order valence-corrected chi connectivity index (χ2v) is 11.5. The second-order valence-electron chi connectivity index (χ2n) is 11.5. The van der Waals surface area contributed by atoms with E-state index in [1.807, 2.05) is 0 Å². The molecule has 2 heteroatoms. The third-order valence-electron chi connectivity index (χ3n) is 8.61. The van der Waals surface area contributed by atoms with Crippen LogP contribution in [-0.2, 0) is 0 Å². The first-order valence-electron chi connectivity index (χ1n) is 13.2. The molecule has 0 N–H and O–H groups in total. The molecule has 0 bridgehead atoms. The molecule has 0 fully saturated rings. The monoisotopic (exact) mass is 471 g/mol. The van der Waals surface area contributed by atoms with Crippen molar-refractivity contribution in [1.82, 2.24) is 0 Å². The summed E-state index contributed by atoms with van der Waals surface area (Å²) in [4.78, 5) is 0. The predicted octanol–water partition coefficient (Wildman–Crippen LogP) is 6.61. The van der Waals surface area contributed by atoms with Gasteiger partial charge < -0.3 is 4.39 Å². The number of quaternary nitrogens is 1. The number of hydrogen-bond donors (Lipinski definition) is 0. The van der Waals surface area contributed by atoms with Crippen LogP contribution < -0.4 is 10.9 Å². The van der Waals surface area contributed by atoms with Gasteiger partial charge in [-0.15, -0.1) is 16.4 Å². The quantitative estimate of drug-likeness (QED) is 0.294. The van der Waals surface area contributed by atoms with Crippen LogP contribution in [0.15, 0.2) is 97.1 Å². The van der Waals surface area contributed by atoms with Crippen molar-refractivity contribution in [2.75, 3.05) is 20.6 Å². The molecule has 0 spiro atoms. The van der Waals surface area contributed by atoms with Crippen LogP contribution in [-0.4, -0.2) is 31.3 Å². The van der Waals surface area contributed by atoms with E-state index in [-0.39, 0.29) is 0 Å². The Morgan fingerprint density at radius 1 is 0.500 bits per heavy atom. The van der Waals surface area contributed by atoms with Crippen molar-refractivity contribution in [2.24, 2.45) is 0 Å². The Hall–Kier alpha value is -3.36. The van der Waals surface area contributed by atoms with E-state index in [4.69, 9.17) is 0 Å².